The van der Waals surface area contributed by atoms with E-state index in [9.17, 15) is 0 Å². The molecule has 0 bridgehead atoms. The van der Waals surface area contributed by atoms with Gasteiger partial charge >= 0.3 is 0 Å². The molecule has 0 aliphatic heterocycles. The van der Waals surface area contributed by atoms with E-state index in [0.717, 1.165) is 0 Å². The molecule has 0 rings (SSSR count). The molecule has 3 nitrogen and oxygen atoms in total. The van der Waals surface area contributed by atoms with Crippen molar-refractivity contribution < 1.29 is 4.74 Å². The maximum Gasteiger partial charge on any atom is 0.124 e. The Morgan fingerprint density at radius 1 is 1.64 bits per heavy atom. The van der Waals surface area contributed by atoms with Crippen LogP contribution in [-0.4, -0.2) is 18.8 Å². The highest BCUT2D eigenvalue weighted by atomic mass is 16.5. The first-order chi connectivity index (χ1) is 4.98. The van der Waals surface area contributed by atoms with Gasteiger partial charge < -0.3 is 10.5 Å². The van der Waals surface area contributed by atoms with E-state index in [1.54, 1.807) is 6.92 Å². The van der Waals surface area contributed by atoms with Gasteiger partial charge in [0.2, 0.25) is 0 Å². The zero-order chi connectivity index (χ0) is 8.91. The highest BCUT2D eigenvalue weighted by Crippen LogP contribution is 1.99. The molecule has 0 saturated heterocycles. The normalized spacial score (nSPS) is 16.0. The molecule has 3 heteroatoms. The quantitative estimate of drug-likeness (QED) is 0.658. The molecule has 0 heterocycles. The first kappa shape index (κ1) is 10.4. The molecule has 0 amide bonds. The minimum Gasteiger partial charge on any atom is -0.378 e. The Morgan fingerprint density at radius 3 is 2.55 bits per heavy atom. The third-order valence-corrected chi connectivity index (χ3v) is 1.11. The van der Waals surface area contributed by atoms with Crippen molar-refractivity contribution in [1.29, 1.82) is 5.26 Å². The summed E-state index contributed by atoms with van der Waals surface area (Å²) < 4.78 is 5.20. The van der Waals surface area contributed by atoms with Crippen LogP contribution in [0.4, 0.5) is 0 Å². The van der Waals surface area contributed by atoms with E-state index in [4.69, 9.17) is 15.7 Å². The molecule has 64 valence electrons. The summed E-state index contributed by atoms with van der Waals surface area (Å²) in [5, 5.41) is 8.50. The molecule has 0 aromatic rings. The molecule has 0 spiro atoms. The van der Waals surface area contributed by atoms with Gasteiger partial charge in [0.1, 0.15) is 5.54 Å². The predicted molar refractivity (Wildman–Crippen MR) is 43.9 cm³/mol. The summed E-state index contributed by atoms with van der Waals surface area (Å²) in [6.45, 7) is 6.74. The minimum absolute atomic E-state index is 0.307. The van der Waals surface area contributed by atoms with E-state index in [1.807, 2.05) is 6.07 Å². The number of ether oxygens (including phenoxy) is 1. The zero-order valence-electron chi connectivity index (χ0n) is 7.42. The molecule has 0 aliphatic carbocycles. The van der Waals surface area contributed by atoms with Gasteiger partial charge in [0.15, 0.2) is 0 Å². The second-order valence-electron chi connectivity index (χ2n) is 3.44. The van der Waals surface area contributed by atoms with Gasteiger partial charge in [-0.15, -0.1) is 0 Å². The largest absolute Gasteiger partial charge is 0.378 e. The van der Waals surface area contributed by atoms with Crippen LogP contribution in [0.2, 0.25) is 0 Å². The number of nitrogens with zero attached hydrogens (tertiary/aromatic N) is 1. The molecule has 11 heavy (non-hydrogen) atoms. The van der Waals surface area contributed by atoms with Gasteiger partial charge in [-0.05, 0) is 12.8 Å². The molecule has 0 fully saturated rings. The Labute approximate surface area is 68.1 Å². The van der Waals surface area contributed by atoms with E-state index < -0.39 is 5.54 Å². The van der Waals surface area contributed by atoms with Crippen LogP contribution in [-0.2, 0) is 4.74 Å². The number of hydrogen-bond acceptors (Lipinski definition) is 3. The summed E-state index contributed by atoms with van der Waals surface area (Å²) in [5.41, 5.74) is 4.68. The van der Waals surface area contributed by atoms with E-state index in [0.29, 0.717) is 19.1 Å². The summed E-state index contributed by atoms with van der Waals surface area (Å²) >= 11 is 0. The van der Waals surface area contributed by atoms with Gasteiger partial charge in [-0.25, -0.2) is 0 Å². The fourth-order valence-electron chi connectivity index (χ4n) is 0.539. The summed E-state index contributed by atoms with van der Waals surface area (Å²) in [6.07, 6.45) is 0. The highest BCUT2D eigenvalue weighted by molar-refractivity contribution is 5.00. The maximum atomic E-state index is 8.50. The average molecular weight is 156 g/mol. The van der Waals surface area contributed by atoms with Gasteiger partial charge in [0.25, 0.3) is 0 Å². The first-order valence-electron chi connectivity index (χ1n) is 3.76. The van der Waals surface area contributed by atoms with E-state index >= 15 is 0 Å². The maximum absolute atomic E-state index is 8.50. The lowest BCUT2D eigenvalue weighted by atomic mass is 10.1. The lowest BCUT2D eigenvalue weighted by Gasteiger charge is -2.15. The van der Waals surface area contributed by atoms with Gasteiger partial charge in [0.05, 0.1) is 12.7 Å². The fourth-order valence-corrected chi connectivity index (χ4v) is 0.539. The Kier molecular flexibility index (Phi) is 4.09. The molecule has 1 atom stereocenters. The third-order valence-electron chi connectivity index (χ3n) is 1.11. The summed E-state index contributed by atoms with van der Waals surface area (Å²) in [6, 6.07) is 1.97. The van der Waals surface area contributed by atoms with Crippen molar-refractivity contribution in [3.05, 3.63) is 0 Å². The standard InChI is InChI=1S/C8H16N2O/c1-7(2)4-11-6-8(3,10)5-9/h7H,4,6,10H2,1-3H3. The van der Waals surface area contributed by atoms with Crippen LogP contribution < -0.4 is 5.73 Å². The van der Waals surface area contributed by atoms with Gasteiger partial charge in [0, 0.05) is 6.61 Å². The number of nitriles is 1. The van der Waals surface area contributed by atoms with Crippen molar-refractivity contribution in [3.8, 4) is 6.07 Å². The summed E-state index contributed by atoms with van der Waals surface area (Å²) in [7, 11) is 0. The Balaban J connectivity index is 3.48. The van der Waals surface area contributed by atoms with Crippen molar-refractivity contribution in [2.75, 3.05) is 13.2 Å². The number of nitrogens with two attached hydrogens (primary N) is 1. The lowest BCUT2D eigenvalue weighted by molar-refractivity contribution is 0.0871. The van der Waals surface area contributed by atoms with Crippen LogP contribution in [0, 0.1) is 17.2 Å². The predicted octanol–water partition coefficient (Wildman–Crippen LogP) is 0.900. The molecule has 0 saturated carbocycles. The monoisotopic (exact) mass is 156 g/mol. The number of hydrogen-bond donors (Lipinski definition) is 1. The minimum atomic E-state index is -0.838. The molecular weight excluding hydrogens is 140 g/mol. The van der Waals surface area contributed by atoms with Crippen LogP contribution in [0.15, 0.2) is 0 Å². The molecule has 2 N–H and O–H groups in total. The van der Waals surface area contributed by atoms with Crippen LogP contribution >= 0.6 is 0 Å². The number of rotatable bonds is 4. The smallest absolute Gasteiger partial charge is 0.124 e. The van der Waals surface area contributed by atoms with E-state index in [1.165, 1.54) is 0 Å². The summed E-state index contributed by atoms with van der Waals surface area (Å²) in [4.78, 5) is 0. The van der Waals surface area contributed by atoms with Gasteiger partial charge in [-0.2, -0.15) is 5.26 Å². The first-order valence-corrected chi connectivity index (χ1v) is 3.76. The van der Waals surface area contributed by atoms with Gasteiger partial charge in [-0.3, -0.25) is 0 Å². The van der Waals surface area contributed by atoms with Crippen molar-refractivity contribution in [1.82, 2.24) is 0 Å². The topological polar surface area (TPSA) is 59.0 Å². The molecular formula is C8H16N2O. The second-order valence-corrected chi connectivity index (χ2v) is 3.44. The van der Waals surface area contributed by atoms with E-state index in [2.05, 4.69) is 13.8 Å². The summed E-state index contributed by atoms with van der Waals surface area (Å²) in [5.74, 6) is 0.490. The van der Waals surface area contributed by atoms with Crippen molar-refractivity contribution in [2.45, 2.75) is 26.3 Å². The molecule has 0 aromatic carbocycles. The Morgan fingerprint density at radius 2 is 2.18 bits per heavy atom. The van der Waals surface area contributed by atoms with Gasteiger partial charge in [-0.1, -0.05) is 13.8 Å². The Hall–Kier alpha value is -0.590. The van der Waals surface area contributed by atoms with Crippen LogP contribution in [0.3, 0.4) is 0 Å². The van der Waals surface area contributed by atoms with Crippen molar-refractivity contribution in [3.63, 3.8) is 0 Å². The SMILES string of the molecule is CC(C)COCC(C)(N)C#N. The molecule has 0 aliphatic rings. The van der Waals surface area contributed by atoms with Crippen LogP contribution in [0.5, 0.6) is 0 Å². The Bertz CT molecular complexity index is 147. The molecule has 1 unspecified atom stereocenters. The zero-order valence-corrected chi connectivity index (χ0v) is 7.42. The van der Waals surface area contributed by atoms with Crippen LogP contribution in [0.1, 0.15) is 20.8 Å². The van der Waals surface area contributed by atoms with E-state index in [-0.39, 0.29) is 0 Å². The second kappa shape index (κ2) is 4.32. The highest BCUT2D eigenvalue weighted by Gasteiger charge is 2.16. The third kappa shape index (κ3) is 5.84. The average Bonchev–Trinajstić information content (AvgIpc) is 1.87. The van der Waals surface area contributed by atoms with Crippen LogP contribution in [0.25, 0.3) is 0 Å². The van der Waals surface area contributed by atoms with Crippen molar-refractivity contribution in [2.24, 2.45) is 11.7 Å². The lowest BCUT2D eigenvalue weighted by Crippen LogP contribution is -2.39. The molecule has 0 radical (unpaired) electrons. The molecule has 0 aromatic heterocycles. The van der Waals surface area contributed by atoms with Crippen molar-refractivity contribution >= 4 is 0 Å². The fraction of sp³-hybridized carbons (Fsp3) is 0.875.